The molecule has 3 heterocycles. The summed E-state index contributed by atoms with van der Waals surface area (Å²) in [7, 11) is 3.96. The zero-order chi connectivity index (χ0) is 25.1. The van der Waals surface area contributed by atoms with Crippen LogP contribution in [0.5, 0.6) is 0 Å². The Bertz CT molecular complexity index is 1300. The van der Waals surface area contributed by atoms with Gasteiger partial charge in [0.2, 0.25) is 0 Å². The lowest BCUT2D eigenvalue weighted by Gasteiger charge is -2.17. The number of aromatic nitrogens is 1. The molecule has 1 aliphatic heterocycles. The molecule has 0 radical (unpaired) electrons. The first-order valence-corrected chi connectivity index (χ1v) is 12.4. The smallest absolute Gasteiger partial charge is 0.414 e. The Morgan fingerprint density at radius 3 is 2.71 bits per heavy atom. The Morgan fingerprint density at radius 1 is 1.23 bits per heavy atom. The van der Waals surface area contributed by atoms with Crippen LogP contribution in [0.3, 0.4) is 0 Å². The molecule has 0 unspecified atom stereocenters. The molecule has 1 saturated heterocycles. The van der Waals surface area contributed by atoms with Crippen LogP contribution in [-0.2, 0) is 11.2 Å². The molecule has 10 heteroatoms. The van der Waals surface area contributed by atoms with E-state index in [4.69, 9.17) is 16.3 Å². The summed E-state index contributed by atoms with van der Waals surface area (Å²) in [5.74, 6) is -0.255. The Balaban J connectivity index is 1.45. The standard InChI is InChI=1S/C25H27ClN4O4S/c1-16-13-18(6-7-20(16)29-11-4-5-17(24(29)32)10-12-28(2)3)30-15-19(34-25(30)33)14-27-23(31)21-8-9-22(26)35-21/h4-9,11,13,19H,10,12,14-15H2,1-3H3,(H,27,31)/t19-/m0/s1. The molecule has 0 saturated carbocycles. The van der Waals surface area contributed by atoms with Crippen LogP contribution in [0, 0.1) is 6.92 Å². The Labute approximate surface area is 212 Å². The number of hydrogen-bond donors (Lipinski definition) is 1. The lowest BCUT2D eigenvalue weighted by molar-refractivity contribution is 0.0920. The number of likely N-dealkylation sites (N-methyl/N-ethyl adjacent to an activating group) is 1. The summed E-state index contributed by atoms with van der Waals surface area (Å²) in [4.78, 5) is 41.9. The summed E-state index contributed by atoms with van der Waals surface area (Å²) in [5.41, 5.74) is 2.99. The average Bonchev–Trinajstić information content (AvgIpc) is 3.42. The molecule has 3 aromatic rings. The molecule has 1 atom stereocenters. The SMILES string of the molecule is Cc1cc(N2C[C@H](CNC(=O)c3ccc(Cl)s3)OC2=O)ccc1-n1cccc(CCN(C)C)c1=O. The van der Waals surface area contributed by atoms with Crippen molar-refractivity contribution in [1.29, 1.82) is 0 Å². The van der Waals surface area contributed by atoms with E-state index < -0.39 is 12.2 Å². The second kappa shape index (κ2) is 10.6. The van der Waals surface area contributed by atoms with Gasteiger partial charge in [-0.1, -0.05) is 17.7 Å². The molecule has 184 valence electrons. The second-order valence-corrected chi connectivity index (χ2v) is 10.4. The zero-order valence-corrected chi connectivity index (χ0v) is 21.4. The molecule has 1 N–H and O–H groups in total. The number of carbonyl (C=O) groups excluding carboxylic acids is 2. The first-order chi connectivity index (χ1) is 16.7. The third kappa shape index (κ3) is 5.75. The van der Waals surface area contributed by atoms with Gasteiger partial charge in [-0.2, -0.15) is 0 Å². The van der Waals surface area contributed by atoms with Crippen molar-refractivity contribution in [1.82, 2.24) is 14.8 Å². The number of benzene rings is 1. The number of thiophene rings is 1. The van der Waals surface area contributed by atoms with Crippen LogP contribution in [-0.4, -0.2) is 61.3 Å². The molecule has 1 aliphatic rings. The van der Waals surface area contributed by atoms with Gasteiger partial charge in [-0.05, 0) is 69.4 Å². The van der Waals surface area contributed by atoms with Crippen LogP contribution in [0.1, 0.15) is 20.8 Å². The van der Waals surface area contributed by atoms with Gasteiger partial charge in [0.1, 0.15) is 6.10 Å². The molecule has 0 bridgehead atoms. The Hall–Kier alpha value is -3.14. The van der Waals surface area contributed by atoms with Gasteiger partial charge in [-0.25, -0.2) is 4.79 Å². The number of carbonyl (C=O) groups is 2. The van der Waals surface area contributed by atoms with Crippen molar-refractivity contribution in [3.63, 3.8) is 0 Å². The van der Waals surface area contributed by atoms with Gasteiger partial charge in [0.15, 0.2) is 0 Å². The van der Waals surface area contributed by atoms with E-state index in [-0.39, 0.29) is 18.0 Å². The largest absolute Gasteiger partial charge is 0.442 e. The fourth-order valence-corrected chi connectivity index (χ4v) is 4.87. The Kier molecular flexibility index (Phi) is 7.59. The number of rotatable bonds is 8. The summed E-state index contributed by atoms with van der Waals surface area (Å²) < 4.78 is 7.62. The van der Waals surface area contributed by atoms with Gasteiger partial charge in [0.05, 0.1) is 28.0 Å². The van der Waals surface area contributed by atoms with Crippen molar-refractivity contribution >= 4 is 40.6 Å². The molecule has 8 nitrogen and oxygen atoms in total. The molecule has 1 aromatic carbocycles. The second-order valence-electron chi connectivity index (χ2n) is 8.66. The van der Waals surface area contributed by atoms with Crippen molar-refractivity contribution in [3.05, 3.63) is 79.4 Å². The number of pyridine rings is 1. The summed E-state index contributed by atoms with van der Waals surface area (Å²) in [5, 5.41) is 2.79. The van der Waals surface area contributed by atoms with Crippen LogP contribution in [0.4, 0.5) is 10.5 Å². The minimum Gasteiger partial charge on any atom is -0.442 e. The monoisotopic (exact) mass is 514 g/mol. The summed E-state index contributed by atoms with van der Waals surface area (Å²) in [6, 6.07) is 12.6. The number of ether oxygens (including phenoxy) is 1. The quantitative estimate of drug-likeness (QED) is 0.495. The van der Waals surface area contributed by atoms with Gasteiger partial charge in [-0.3, -0.25) is 19.1 Å². The van der Waals surface area contributed by atoms with E-state index in [9.17, 15) is 14.4 Å². The van der Waals surface area contributed by atoms with Crippen LogP contribution in [0.15, 0.2) is 53.5 Å². The molecule has 2 amide bonds. The van der Waals surface area contributed by atoms with E-state index in [1.54, 1.807) is 29.0 Å². The van der Waals surface area contributed by atoms with E-state index >= 15 is 0 Å². The highest BCUT2D eigenvalue weighted by Gasteiger charge is 2.33. The third-order valence-electron chi connectivity index (χ3n) is 5.77. The van der Waals surface area contributed by atoms with E-state index in [1.807, 2.05) is 50.2 Å². The van der Waals surface area contributed by atoms with Crippen molar-refractivity contribution in [2.45, 2.75) is 19.4 Å². The maximum atomic E-state index is 13.0. The number of cyclic esters (lactones) is 1. The maximum absolute atomic E-state index is 13.0. The third-order valence-corrected chi connectivity index (χ3v) is 7.00. The van der Waals surface area contributed by atoms with Gasteiger partial charge >= 0.3 is 6.09 Å². The number of halogens is 1. The van der Waals surface area contributed by atoms with E-state index in [2.05, 4.69) is 5.32 Å². The number of nitrogens with one attached hydrogen (secondary N) is 1. The van der Waals surface area contributed by atoms with E-state index in [1.165, 1.54) is 16.2 Å². The van der Waals surface area contributed by atoms with Crippen LogP contribution in [0.25, 0.3) is 5.69 Å². The molecular formula is C25H27ClN4O4S. The van der Waals surface area contributed by atoms with Gasteiger partial charge in [-0.15, -0.1) is 11.3 Å². The number of hydrogen-bond acceptors (Lipinski definition) is 6. The van der Waals surface area contributed by atoms with Crippen molar-refractivity contribution in [2.75, 3.05) is 38.6 Å². The van der Waals surface area contributed by atoms with Crippen LogP contribution >= 0.6 is 22.9 Å². The highest BCUT2D eigenvalue weighted by Crippen LogP contribution is 2.26. The van der Waals surface area contributed by atoms with Crippen LogP contribution in [0.2, 0.25) is 4.34 Å². The molecule has 0 spiro atoms. The van der Waals surface area contributed by atoms with Gasteiger partial charge in [0.25, 0.3) is 11.5 Å². The summed E-state index contributed by atoms with van der Waals surface area (Å²) in [6.45, 7) is 3.20. The highest BCUT2D eigenvalue weighted by atomic mass is 35.5. The lowest BCUT2D eigenvalue weighted by Crippen LogP contribution is -2.34. The normalized spacial score (nSPS) is 15.5. The van der Waals surface area contributed by atoms with Crippen LogP contribution < -0.4 is 15.8 Å². The summed E-state index contributed by atoms with van der Waals surface area (Å²) in [6.07, 6.45) is 1.48. The molecule has 4 rings (SSSR count). The maximum Gasteiger partial charge on any atom is 0.414 e. The first-order valence-electron chi connectivity index (χ1n) is 11.2. The molecule has 0 aliphatic carbocycles. The topological polar surface area (TPSA) is 83.9 Å². The fourth-order valence-electron chi connectivity index (χ4n) is 3.91. The van der Waals surface area contributed by atoms with E-state index in [0.29, 0.717) is 27.9 Å². The minimum absolute atomic E-state index is 0.0476. The number of anilines is 1. The molecule has 1 fully saturated rings. The summed E-state index contributed by atoms with van der Waals surface area (Å²) >= 11 is 7.08. The molecular weight excluding hydrogens is 488 g/mol. The van der Waals surface area contributed by atoms with Crippen molar-refractivity contribution in [2.24, 2.45) is 0 Å². The first kappa shape index (κ1) is 25.0. The number of amides is 2. The molecule has 2 aromatic heterocycles. The molecule has 35 heavy (non-hydrogen) atoms. The fraction of sp³-hybridized carbons (Fsp3) is 0.320. The predicted molar refractivity (Wildman–Crippen MR) is 138 cm³/mol. The van der Waals surface area contributed by atoms with Crippen molar-refractivity contribution in [3.8, 4) is 5.69 Å². The van der Waals surface area contributed by atoms with E-state index in [0.717, 1.165) is 23.4 Å². The number of aryl methyl sites for hydroxylation is 1. The van der Waals surface area contributed by atoms with Crippen molar-refractivity contribution < 1.29 is 14.3 Å². The highest BCUT2D eigenvalue weighted by molar-refractivity contribution is 7.18. The zero-order valence-electron chi connectivity index (χ0n) is 19.8. The predicted octanol–water partition coefficient (Wildman–Crippen LogP) is 3.72. The Morgan fingerprint density at radius 2 is 2.03 bits per heavy atom. The van der Waals surface area contributed by atoms with Gasteiger partial charge in [0, 0.05) is 24.0 Å². The lowest BCUT2D eigenvalue weighted by atomic mass is 10.1. The van der Waals surface area contributed by atoms with Gasteiger partial charge < -0.3 is 15.0 Å². The average molecular weight is 515 g/mol. The number of nitrogens with zero attached hydrogens (tertiary/aromatic N) is 3. The minimum atomic E-state index is -0.474.